The molecule has 2 heteroatoms. The Labute approximate surface area is 140 Å². The Hall–Kier alpha value is -1.83. The van der Waals surface area contributed by atoms with Crippen molar-refractivity contribution in [3.63, 3.8) is 0 Å². The average molecular weight is 320 g/mol. The van der Waals surface area contributed by atoms with Gasteiger partial charge in [0.2, 0.25) is 0 Å². The minimum absolute atomic E-state index is 0.768. The third-order valence-electron chi connectivity index (χ3n) is 3.77. The van der Waals surface area contributed by atoms with Crippen LogP contribution in [0.4, 0.5) is 0 Å². The highest BCUT2D eigenvalue weighted by molar-refractivity contribution is 6.40. The molecule has 0 heterocycles. The normalized spacial score (nSPS) is 10.7. The first-order chi connectivity index (χ1) is 10.6. The second-order valence-corrected chi connectivity index (χ2v) is 6.53. The Bertz CT molecular complexity index is 766. The molecule has 0 saturated heterocycles. The maximum absolute atomic E-state index is 6.56. The fraction of sp³-hybridized carbons (Fsp3) is 0.100. The predicted molar refractivity (Wildman–Crippen MR) is 97.2 cm³/mol. The van der Waals surface area contributed by atoms with Gasteiger partial charge in [-0.05, 0) is 36.6 Å². The van der Waals surface area contributed by atoms with Crippen LogP contribution in [-0.2, 0) is 0 Å². The van der Waals surface area contributed by atoms with Crippen LogP contribution in [0.15, 0.2) is 60.7 Å². The molecular formula is C20H16ClSi. The van der Waals surface area contributed by atoms with E-state index in [1.165, 1.54) is 16.7 Å². The van der Waals surface area contributed by atoms with Gasteiger partial charge < -0.3 is 0 Å². The molecule has 0 aliphatic carbocycles. The molecule has 0 amide bonds. The third kappa shape index (κ3) is 2.87. The van der Waals surface area contributed by atoms with Crippen molar-refractivity contribution in [2.24, 2.45) is 0 Å². The van der Waals surface area contributed by atoms with Gasteiger partial charge in [0, 0.05) is 10.6 Å². The van der Waals surface area contributed by atoms with Gasteiger partial charge in [0.25, 0.3) is 0 Å². The van der Waals surface area contributed by atoms with Gasteiger partial charge in [0.15, 0.2) is 0 Å². The van der Waals surface area contributed by atoms with Gasteiger partial charge in [-0.1, -0.05) is 82.5 Å². The summed E-state index contributed by atoms with van der Waals surface area (Å²) < 4.78 is 0. The number of hydrogen-bond acceptors (Lipinski definition) is 0. The van der Waals surface area contributed by atoms with E-state index in [1.54, 1.807) is 0 Å². The van der Waals surface area contributed by atoms with Crippen LogP contribution >= 0.6 is 11.6 Å². The Morgan fingerprint density at radius 1 is 0.727 bits per heavy atom. The standard InChI is InChI=1S/C20H16ClSi/c1-13-5-3-7-15(11-13)19-17(21)9-10-18(22)20(19)16-8-4-6-14(2)12-16/h3-12H,1-2H3. The Morgan fingerprint density at radius 2 is 1.27 bits per heavy atom. The predicted octanol–water partition coefficient (Wildman–Crippen LogP) is 5.08. The molecule has 0 unspecified atom stereocenters. The number of halogens is 1. The van der Waals surface area contributed by atoms with Crippen LogP contribution in [-0.4, -0.2) is 10.2 Å². The summed E-state index contributed by atoms with van der Waals surface area (Å²) in [5.74, 6) is 0. The van der Waals surface area contributed by atoms with Crippen molar-refractivity contribution in [3.8, 4) is 22.3 Å². The molecule has 3 aromatic rings. The van der Waals surface area contributed by atoms with Crippen LogP contribution in [0.25, 0.3) is 22.3 Å². The molecule has 0 bridgehead atoms. The first-order valence-corrected chi connectivity index (χ1v) is 8.12. The Balaban J connectivity index is 2.33. The highest BCUT2D eigenvalue weighted by Gasteiger charge is 2.14. The second kappa shape index (κ2) is 6.11. The van der Waals surface area contributed by atoms with Crippen LogP contribution in [0, 0.1) is 13.8 Å². The molecule has 0 aromatic heterocycles. The van der Waals surface area contributed by atoms with E-state index in [0.29, 0.717) is 0 Å². The van der Waals surface area contributed by atoms with Crippen LogP contribution in [0.3, 0.4) is 0 Å². The van der Waals surface area contributed by atoms with E-state index >= 15 is 0 Å². The smallest absolute Gasteiger partial charge is 0.0720 e. The lowest BCUT2D eigenvalue weighted by atomic mass is 9.93. The average Bonchev–Trinajstić information content (AvgIpc) is 2.49. The SMILES string of the molecule is Cc1cccc(-c2c([Si])ccc(Cl)c2-c2cccc(C)c2)c1. The van der Waals surface area contributed by atoms with Gasteiger partial charge >= 0.3 is 0 Å². The van der Waals surface area contributed by atoms with Crippen LogP contribution < -0.4 is 5.19 Å². The van der Waals surface area contributed by atoms with Gasteiger partial charge in [-0.2, -0.15) is 0 Å². The van der Waals surface area contributed by atoms with Crippen molar-refractivity contribution in [2.75, 3.05) is 0 Å². The monoisotopic (exact) mass is 319 g/mol. The zero-order chi connectivity index (χ0) is 15.7. The molecule has 3 radical (unpaired) electrons. The lowest BCUT2D eigenvalue weighted by molar-refractivity contribution is 1.45. The van der Waals surface area contributed by atoms with Gasteiger partial charge in [-0.25, -0.2) is 0 Å². The van der Waals surface area contributed by atoms with E-state index in [-0.39, 0.29) is 0 Å². The fourth-order valence-electron chi connectivity index (χ4n) is 2.76. The zero-order valence-electron chi connectivity index (χ0n) is 12.7. The third-order valence-corrected chi connectivity index (χ3v) is 4.50. The quantitative estimate of drug-likeness (QED) is 0.577. The van der Waals surface area contributed by atoms with Crippen LogP contribution in [0.1, 0.15) is 11.1 Å². The first-order valence-electron chi connectivity index (χ1n) is 7.24. The molecule has 0 aliphatic heterocycles. The van der Waals surface area contributed by atoms with Crippen LogP contribution in [0.2, 0.25) is 5.02 Å². The van der Waals surface area contributed by atoms with E-state index in [4.69, 9.17) is 11.6 Å². The van der Waals surface area contributed by atoms with Gasteiger partial charge in [-0.3, -0.25) is 0 Å². The molecule has 0 nitrogen and oxygen atoms in total. The maximum atomic E-state index is 6.56. The van der Waals surface area contributed by atoms with Crippen molar-refractivity contribution in [3.05, 3.63) is 76.8 Å². The minimum Gasteiger partial charge on any atom is -0.0836 e. The number of hydrogen-bond donors (Lipinski definition) is 0. The van der Waals surface area contributed by atoms with Crippen molar-refractivity contribution in [1.82, 2.24) is 0 Å². The topological polar surface area (TPSA) is 0 Å². The van der Waals surface area contributed by atoms with E-state index in [2.05, 4.69) is 72.6 Å². The molecule has 0 atom stereocenters. The Morgan fingerprint density at radius 3 is 1.82 bits per heavy atom. The first kappa shape index (κ1) is 15.1. The summed E-state index contributed by atoms with van der Waals surface area (Å²) in [5.41, 5.74) is 6.98. The van der Waals surface area contributed by atoms with Gasteiger partial charge in [0.05, 0.1) is 10.2 Å². The van der Waals surface area contributed by atoms with E-state index < -0.39 is 0 Å². The maximum Gasteiger partial charge on any atom is 0.0720 e. The number of aryl methyl sites for hydroxylation is 2. The summed E-state index contributed by atoms with van der Waals surface area (Å²) in [6.07, 6.45) is 0. The molecular weight excluding hydrogens is 304 g/mol. The van der Waals surface area contributed by atoms with Crippen molar-refractivity contribution >= 4 is 27.0 Å². The fourth-order valence-corrected chi connectivity index (χ4v) is 3.38. The molecule has 3 aromatic carbocycles. The molecule has 0 fully saturated rings. The van der Waals surface area contributed by atoms with Crippen LogP contribution in [0.5, 0.6) is 0 Å². The zero-order valence-corrected chi connectivity index (χ0v) is 14.4. The largest absolute Gasteiger partial charge is 0.0836 e. The molecule has 0 N–H and O–H groups in total. The lowest BCUT2D eigenvalue weighted by Crippen LogP contribution is -2.08. The highest BCUT2D eigenvalue weighted by Crippen LogP contribution is 2.36. The van der Waals surface area contributed by atoms with Crippen molar-refractivity contribution < 1.29 is 0 Å². The van der Waals surface area contributed by atoms with Gasteiger partial charge in [-0.15, -0.1) is 0 Å². The molecule has 0 aliphatic rings. The highest BCUT2D eigenvalue weighted by atomic mass is 35.5. The summed E-state index contributed by atoms with van der Waals surface area (Å²) in [6.45, 7) is 4.20. The number of rotatable bonds is 2. The minimum atomic E-state index is 0.768. The van der Waals surface area contributed by atoms with Crippen molar-refractivity contribution in [2.45, 2.75) is 13.8 Å². The molecule has 107 valence electrons. The molecule has 3 rings (SSSR count). The lowest BCUT2D eigenvalue weighted by Gasteiger charge is -2.16. The molecule has 22 heavy (non-hydrogen) atoms. The van der Waals surface area contributed by atoms with E-state index in [1.807, 2.05) is 12.1 Å². The number of benzene rings is 3. The summed E-state index contributed by atoms with van der Waals surface area (Å²) in [7, 11) is 3.76. The summed E-state index contributed by atoms with van der Waals surface area (Å²) in [5, 5.41) is 1.82. The Kier molecular flexibility index (Phi) is 4.19. The molecule has 0 spiro atoms. The van der Waals surface area contributed by atoms with E-state index in [0.717, 1.165) is 26.9 Å². The van der Waals surface area contributed by atoms with E-state index in [9.17, 15) is 0 Å². The molecule has 0 saturated carbocycles. The van der Waals surface area contributed by atoms with Gasteiger partial charge in [0.1, 0.15) is 0 Å². The van der Waals surface area contributed by atoms with Crippen molar-refractivity contribution in [1.29, 1.82) is 0 Å². The second-order valence-electron chi connectivity index (χ2n) is 5.58. The summed E-state index contributed by atoms with van der Waals surface area (Å²) in [6, 6.07) is 20.9. The summed E-state index contributed by atoms with van der Waals surface area (Å²) in [4.78, 5) is 0. The summed E-state index contributed by atoms with van der Waals surface area (Å²) >= 11 is 6.56.